The molecule has 1 aromatic heterocycles. The molecule has 2 N–H and O–H groups in total. The lowest BCUT2D eigenvalue weighted by Gasteiger charge is -2.19. The van der Waals surface area contributed by atoms with Crippen molar-refractivity contribution in [1.29, 1.82) is 0 Å². The van der Waals surface area contributed by atoms with Crippen LogP contribution < -0.4 is 19.5 Å². The van der Waals surface area contributed by atoms with E-state index < -0.39 is 10.0 Å². The van der Waals surface area contributed by atoms with E-state index >= 15 is 0 Å². The molecule has 3 aromatic carbocycles. The van der Waals surface area contributed by atoms with Crippen LogP contribution in [0.2, 0.25) is 0 Å². The van der Waals surface area contributed by atoms with Crippen LogP contribution in [-0.2, 0) is 10.0 Å². The average Bonchev–Trinajstić information content (AvgIpc) is 2.84. The number of nitrogens with one attached hydrogen (secondary N) is 2. The van der Waals surface area contributed by atoms with Crippen LogP contribution in [0.15, 0.2) is 83.9 Å². The van der Waals surface area contributed by atoms with Crippen LogP contribution in [0.25, 0.3) is 10.9 Å². The summed E-state index contributed by atoms with van der Waals surface area (Å²) >= 11 is 0. The van der Waals surface area contributed by atoms with Crippen LogP contribution in [-0.4, -0.2) is 32.5 Å². The Hall–Kier alpha value is -4.11. The summed E-state index contributed by atoms with van der Waals surface area (Å²) in [4.78, 5) is 17.1. The van der Waals surface area contributed by atoms with Crippen molar-refractivity contribution < 1.29 is 22.7 Å². The van der Waals surface area contributed by atoms with Gasteiger partial charge in [-0.2, -0.15) is 0 Å². The average molecular weight is 461 g/mol. The summed E-state index contributed by atoms with van der Waals surface area (Å²) in [6.45, 7) is 0.788. The number of rotatable bonds is 5. The van der Waals surface area contributed by atoms with E-state index in [0.717, 1.165) is 5.39 Å². The number of para-hydroxylation sites is 1. The molecule has 166 valence electrons. The van der Waals surface area contributed by atoms with Gasteiger partial charge in [-0.15, -0.1) is 0 Å². The molecule has 4 aromatic rings. The van der Waals surface area contributed by atoms with Gasteiger partial charge in [-0.1, -0.05) is 18.2 Å². The second-order valence-corrected chi connectivity index (χ2v) is 9.01. The van der Waals surface area contributed by atoms with Gasteiger partial charge in [0.05, 0.1) is 16.1 Å². The molecular formula is C24H19N3O5S. The summed E-state index contributed by atoms with van der Waals surface area (Å²) in [5.74, 6) is 0.574. The number of amides is 1. The van der Waals surface area contributed by atoms with Crippen LogP contribution in [0.5, 0.6) is 11.5 Å². The van der Waals surface area contributed by atoms with E-state index in [9.17, 15) is 13.2 Å². The largest absolute Gasteiger partial charge is 0.486 e. The summed E-state index contributed by atoms with van der Waals surface area (Å²) in [6, 6.07) is 19.9. The molecule has 1 amide bonds. The molecule has 1 aliphatic rings. The number of aromatic nitrogens is 1. The number of fused-ring (bicyclic) bond motifs is 2. The zero-order chi connectivity index (χ0) is 22.8. The molecule has 9 heteroatoms. The summed E-state index contributed by atoms with van der Waals surface area (Å²) in [6.07, 6.45) is 1.67. The van der Waals surface area contributed by atoms with Gasteiger partial charge in [0.15, 0.2) is 11.5 Å². The molecule has 0 saturated heterocycles. The minimum Gasteiger partial charge on any atom is -0.486 e. The molecule has 2 heterocycles. The first kappa shape index (κ1) is 20.8. The molecule has 0 fully saturated rings. The molecule has 0 radical (unpaired) electrons. The van der Waals surface area contributed by atoms with E-state index in [1.807, 2.05) is 24.3 Å². The standard InChI is InChI=1S/C24H19N3O5S/c28-24(26-20-5-1-3-16-4-2-12-25-23(16)20)17-6-8-18(9-7-17)27-33(29,30)19-10-11-21-22(15-19)32-14-13-31-21/h1-12,15,27H,13-14H2,(H,26,28). The SMILES string of the molecule is O=C(Nc1cccc2cccnc12)c1ccc(NS(=O)(=O)c2ccc3c(c2)OCCO3)cc1. The molecule has 8 nitrogen and oxygen atoms in total. The third-order valence-corrected chi connectivity index (χ3v) is 6.48. The van der Waals surface area contributed by atoms with E-state index in [1.54, 1.807) is 30.5 Å². The highest BCUT2D eigenvalue weighted by atomic mass is 32.2. The monoisotopic (exact) mass is 461 g/mol. The van der Waals surface area contributed by atoms with Crippen molar-refractivity contribution in [3.05, 3.63) is 84.6 Å². The molecule has 5 rings (SSSR count). The van der Waals surface area contributed by atoms with Crippen molar-refractivity contribution in [2.75, 3.05) is 23.3 Å². The molecule has 0 spiro atoms. The van der Waals surface area contributed by atoms with Crippen LogP contribution in [0, 0.1) is 0 Å². The summed E-state index contributed by atoms with van der Waals surface area (Å²) in [7, 11) is -3.85. The van der Waals surface area contributed by atoms with Crippen molar-refractivity contribution in [2.45, 2.75) is 4.90 Å². The highest BCUT2D eigenvalue weighted by molar-refractivity contribution is 7.92. The summed E-state index contributed by atoms with van der Waals surface area (Å²) < 4.78 is 39.0. The Morgan fingerprint density at radius 2 is 1.64 bits per heavy atom. The van der Waals surface area contributed by atoms with Gasteiger partial charge in [0.25, 0.3) is 15.9 Å². The predicted molar refractivity (Wildman–Crippen MR) is 124 cm³/mol. The first-order valence-corrected chi connectivity index (χ1v) is 11.7. The Labute approximate surface area is 190 Å². The summed E-state index contributed by atoms with van der Waals surface area (Å²) in [5.41, 5.74) is 2.00. The number of ether oxygens (including phenoxy) is 2. The third kappa shape index (κ3) is 4.31. The number of pyridine rings is 1. The fraction of sp³-hybridized carbons (Fsp3) is 0.0833. The van der Waals surface area contributed by atoms with Crippen molar-refractivity contribution >= 4 is 38.2 Å². The van der Waals surface area contributed by atoms with Gasteiger partial charge in [0.1, 0.15) is 13.2 Å². The predicted octanol–water partition coefficient (Wildman–Crippen LogP) is 4.06. The van der Waals surface area contributed by atoms with E-state index in [2.05, 4.69) is 15.0 Å². The van der Waals surface area contributed by atoms with Crippen molar-refractivity contribution in [1.82, 2.24) is 4.98 Å². The van der Waals surface area contributed by atoms with Gasteiger partial charge >= 0.3 is 0 Å². The Balaban J connectivity index is 1.31. The maximum Gasteiger partial charge on any atom is 0.262 e. The van der Waals surface area contributed by atoms with Crippen molar-refractivity contribution in [2.24, 2.45) is 0 Å². The maximum absolute atomic E-state index is 12.8. The van der Waals surface area contributed by atoms with Gasteiger partial charge < -0.3 is 14.8 Å². The lowest BCUT2D eigenvalue weighted by molar-refractivity contribution is 0.102. The lowest BCUT2D eigenvalue weighted by Crippen LogP contribution is -2.17. The number of hydrogen-bond acceptors (Lipinski definition) is 6. The fourth-order valence-corrected chi connectivity index (χ4v) is 4.57. The van der Waals surface area contributed by atoms with Gasteiger partial charge in [-0.3, -0.25) is 14.5 Å². The number of benzene rings is 3. The van der Waals surface area contributed by atoms with Crippen molar-refractivity contribution in [3.63, 3.8) is 0 Å². The Bertz CT molecular complexity index is 1450. The molecule has 0 bridgehead atoms. The molecule has 0 unspecified atom stereocenters. The van der Waals surface area contributed by atoms with Crippen LogP contribution in [0.4, 0.5) is 11.4 Å². The van der Waals surface area contributed by atoms with Crippen LogP contribution in [0.1, 0.15) is 10.4 Å². The van der Waals surface area contributed by atoms with Crippen LogP contribution in [0.3, 0.4) is 0 Å². The third-order valence-electron chi connectivity index (χ3n) is 5.10. The first-order chi connectivity index (χ1) is 16.0. The quantitative estimate of drug-likeness (QED) is 0.464. The van der Waals surface area contributed by atoms with Gasteiger partial charge in [-0.25, -0.2) is 8.42 Å². The molecule has 0 saturated carbocycles. The van der Waals surface area contributed by atoms with E-state index in [0.29, 0.717) is 47.2 Å². The molecule has 33 heavy (non-hydrogen) atoms. The topological polar surface area (TPSA) is 107 Å². The molecular weight excluding hydrogens is 442 g/mol. The summed E-state index contributed by atoms with van der Waals surface area (Å²) in [5, 5.41) is 3.77. The van der Waals surface area contributed by atoms with E-state index in [1.165, 1.54) is 24.3 Å². The van der Waals surface area contributed by atoms with Gasteiger partial charge in [-0.05, 0) is 48.5 Å². The minimum atomic E-state index is -3.85. The number of hydrogen-bond donors (Lipinski definition) is 2. The normalized spacial score (nSPS) is 12.8. The lowest BCUT2D eigenvalue weighted by atomic mass is 10.1. The Morgan fingerprint density at radius 1 is 0.879 bits per heavy atom. The molecule has 0 atom stereocenters. The maximum atomic E-state index is 12.8. The highest BCUT2D eigenvalue weighted by Crippen LogP contribution is 2.32. The molecule has 1 aliphatic heterocycles. The molecule has 0 aliphatic carbocycles. The Morgan fingerprint density at radius 3 is 2.45 bits per heavy atom. The van der Waals surface area contributed by atoms with Gasteiger partial charge in [0.2, 0.25) is 0 Å². The van der Waals surface area contributed by atoms with Gasteiger partial charge in [0, 0.05) is 28.9 Å². The number of carbonyl (C=O) groups excluding carboxylic acids is 1. The smallest absolute Gasteiger partial charge is 0.262 e. The zero-order valence-corrected chi connectivity index (χ0v) is 18.1. The first-order valence-electron chi connectivity index (χ1n) is 10.2. The Kier molecular flexibility index (Phi) is 5.31. The van der Waals surface area contributed by atoms with E-state index in [-0.39, 0.29) is 10.8 Å². The number of carbonyl (C=O) groups is 1. The second-order valence-electron chi connectivity index (χ2n) is 7.32. The number of sulfonamides is 1. The zero-order valence-electron chi connectivity index (χ0n) is 17.3. The fourth-order valence-electron chi connectivity index (χ4n) is 3.49. The van der Waals surface area contributed by atoms with Crippen molar-refractivity contribution in [3.8, 4) is 11.5 Å². The minimum absolute atomic E-state index is 0.0528. The van der Waals surface area contributed by atoms with Crippen LogP contribution >= 0.6 is 0 Å². The van der Waals surface area contributed by atoms with E-state index in [4.69, 9.17) is 9.47 Å². The number of anilines is 2. The second kappa shape index (κ2) is 8.44. The number of nitrogens with zero attached hydrogens (tertiary/aromatic N) is 1. The highest BCUT2D eigenvalue weighted by Gasteiger charge is 2.20.